The average molecular weight is 277 g/mol. The molecule has 0 saturated carbocycles. The van der Waals surface area contributed by atoms with Crippen molar-refractivity contribution in [2.45, 2.75) is 6.54 Å². The first-order chi connectivity index (χ1) is 10.3. The Morgan fingerprint density at radius 1 is 0.952 bits per heavy atom. The van der Waals surface area contributed by atoms with Gasteiger partial charge in [0.1, 0.15) is 6.54 Å². The van der Waals surface area contributed by atoms with Crippen molar-refractivity contribution in [3.05, 3.63) is 66.9 Å². The largest absolute Gasteiger partial charge is 0.368 e. The molecular formula is C17H15N3O. The zero-order valence-electron chi connectivity index (χ0n) is 11.4. The van der Waals surface area contributed by atoms with E-state index in [-0.39, 0.29) is 6.54 Å². The van der Waals surface area contributed by atoms with Crippen LogP contribution in [0.15, 0.2) is 66.9 Å². The molecule has 21 heavy (non-hydrogen) atoms. The van der Waals surface area contributed by atoms with Crippen LogP contribution >= 0.6 is 0 Å². The average Bonchev–Trinajstić information content (AvgIpc) is 2.92. The van der Waals surface area contributed by atoms with Gasteiger partial charge in [-0.2, -0.15) is 5.10 Å². The monoisotopic (exact) mass is 277 g/mol. The fraction of sp³-hybridized carbons (Fsp3) is 0.0588. The van der Waals surface area contributed by atoms with E-state index in [9.17, 15) is 4.79 Å². The normalized spacial score (nSPS) is 10.5. The van der Waals surface area contributed by atoms with Crippen LogP contribution < -0.4 is 5.73 Å². The van der Waals surface area contributed by atoms with Crippen LogP contribution in [0.2, 0.25) is 0 Å². The number of nitrogens with two attached hydrogens (primary N) is 1. The Hall–Kier alpha value is -2.88. The van der Waals surface area contributed by atoms with Gasteiger partial charge < -0.3 is 5.73 Å². The first-order valence-electron chi connectivity index (χ1n) is 6.70. The van der Waals surface area contributed by atoms with Crippen molar-refractivity contribution in [3.8, 4) is 22.4 Å². The number of amides is 1. The third-order valence-corrected chi connectivity index (χ3v) is 3.28. The van der Waals surface area contributed by atoms with Crippen molar-refractivity contribution < 1.29 is 4.79 Å². The molecule has 104 valence electrons. The zero-order chi connectivity index (χ0) is 14.7. The lowest BCUT2D eigenvalue weighted by Crippen LogP contribution is -2.20. The second-order valence-corrected chi connectivity index (χ2v) is 4.76. The van der Waals surface area contributed by atoms with E-state index in [1.54, 1.807) is 10.9 Å². The van der Waals surface area contributed by atoms with Crippen LogP contribution in [-0.2, 0) is 11.3 Å². The SMILES string of the molecule is NC(=O)Cn1ncc(-c2ccccc2)c1-c1ccccc1. The molecule has 4 heteroatoms. The van der Waals surface area contributed by atoms with Crippen molar-refractivity contribution >= 4 is 5.91 Å². The van der Waals surface area contributed by atoms with Gasteiger partial charge in [0.2, 0.25) is 5.91 Å². The summed E-state index contributed by atoms with van der Waals surface area (Å²) in [5, 5.41) is 4.32. The number of primary amides is 1. The summed E-state index contributed by atoms with van der Waals surface area (Å²) >= 11 is 0. The minimum Gasteiger partial charge on any atom is -0.368 e. The van der Waals surface area contributed by atoms with Crippen LogP contribution in [0.3, 0.4) is 0 Å². The lowest BCUT2D eigenvalue weighted by atomic mass is 10.0. The van der Waals surface area contributed by atoms with E-state index < -0.39 is 5.91 Å². The number of rotatable bonds is 4. The lowest BCUT2D eigenvalue weighted by molar-refractivity contribution is -0.118. The molecule has 0 radical (unpaired) electrons. The molecule has 0 bridgehead atoms. The number of hydrogen-bond donors (Lipinski definition) is 1. The third-order valence-electron chi connectivity index (χ3n) is 3.28. The summed E-state index contributed by atoms with van der Waals surface area (Å²) in [5.41, 5.74) is 9.28. The number of aromatic nitrogens is 2. The maximum Gasteiger partial charge on any atom is 0.239 e. The highest BCUT2D eigenvalue weighted by atomic mass is 16.1. The number of carbonyl (C=O) groups excluding carboxylic acids is 1. The van der Waals surface area contributed by atoms with Crippen molar-refractivity contribution in [1.82, 2.24) is 9.78 Å². The van der Waals surface area contributed by atoms with Crippen molar-refractivity contribution in [1.29, 1.82) is 0 Å². The minimum atomic E-state index is -0.408. The molecule has 2 aromatic carbocycles. The summed E-state index contributed by atoms with van der Waals surface area (Å²) < 4.78 is 1.65. The van der Waals surface area contributed by atoms with Crippen LogP contribution in [-0.4, -0.2) is 15.7 Å². The second-order valence-electron chi connectivity index (χ2n) is 4.76. The Labute approximate surface area is 122 Å². The fourth-order valence-electron chi connectivity index (χ4n) is 2.38. The van der Waals surface area contributed by atoms with E-state index in [1.165, 1.54) is 0 Å². The van der Waals surface area contributed by atoms with Gasteiger partial charge >= 0.3 is 0 Å². The molecule has 1 heterocycles. The molecule has 0 atom stereocenters. The van der Waals surface area contributed by atoms with Gasteiger partial charge in [0, 0.05) is 11.1 Å². The van der Waals surface area contributed by atoms with Crippen molar-refractivity contribution in [3.63, 3.8) is 0 Å². The maximum atomic E-state index is 11.3. The highest BCUT2D eigenvalue weighted by Gasteiger charge is 2.15. The molecule has 1 aromatic heterocycles. The molecule has 3 aromatic rings. The summed E-state index contributed by atoms with van der Waals surface area (Å²) in [6.45, 7) is 0.0665. The second kappa shape index (κ2) is 5.63. The Morgan fingerprint density at radius 3 is 2.10 bits per heavy atom. The third kappa shape index (κ3) is 2.69. The number of hydrogen-bond acceptors (Lipinski definition) is 2. The maximum absolute atomic E-state index is 11.3. The van der Waals surface area contributed by atoms with E-state index in [4.69, 9.17) is 5.73 Å². The molecule has 0 spiro atoms. The molecule has 2 N–H and O–H groups in total. The fourth-order valence-corrected chi connectivity index (χ4v) is 2.38. The molecule has 3 rings (SSSR count). The molecule has 0 fully saturated rings. The summed E-state index contributed by atoms with van der Waals surface area (Å²) in [6.07, 6.45) is 1.78. The van der Waals surface area contributed by atoms with Crippen LogP contribution in [0.5, 0.6) is 0 Å². The van der Waals surface area contributed by atoms with Gasteiger partial charge in [-0.25, -0.2) is 0 Å². The Kier molecular flexibility index (Phi) is 3.51. The minimum absolute atomic E-state index is 0.0665. The Balaban J connectivity index is 2.18. The van der Waals surface area contributed by atoms with E-state index in [0.717, 1.165) is 22.4 Å². The summed E-state index contributed by atoms with van der Waals surface area (Å²) in [6, 6.07) is 19.9. The number of carbonyl (C=O) groups is 1. The van der Waals surface area contributed by atoms with Gasteiger partial charge in [-0.3, -0.25) is 9.48 Å². The first kappa shape index (κ1) is 13.1. The molecule has 0 aliphatic rings. The van der Waals surface area contributed by atoms with Crippen LogP contribution in [0.1, 0.15) is 0 Å². The molecule has 4 nitrogen and oxygen atoms in total. The van der Waals surface area contributed by atoms with Gasteiger partial charge in [-0.05, 0) is 5.56 Å². The lowest BCUT2D eigenvalue weighted by Gasteiger charge is -2.09. The number of benzene rings is 2. The smallest absolute Gasteiger partial charge is 0.239 e. The van der Waals surface area contributed by atoms with E-state index in [0.29, 0.717) is 0 Å². The number of nitrogens with zero attached hydrogens (tertiary/aromatic N) is 2. The van der Waals surface area contributed by atoms with E-state index >= 15 is 0 Å². The van der Waals surface area contributed by atoms with Crippen molar-refractivity contribution in [2.75, 3.05) is 0 Å². The van der Waals surface area contributed by atoms with Gasteiger partial charge in [0.15, 0.2) is 0 Å². The summed E-state index contributed by atoms with van der Waals surface area (Å²) in [7, 11) is 0. The van der Waals surface area contributed by atoms with E-state index in [1.807, 2.05) is 60.7 Å². The Bertz CT molecular complexity index is 748. The summed E-state index contributed by atoms with van der Waals surface area (Å²) in [4.78, 5) is 11.3. The first-order valence-corrected chi connectivity index (χ1v) is 6.70. The van der Waals surface area contributed by atoms with Gasteiger partial charge in [-0.15, -0.1) is 0 Å². The quantitative estimate of drug-likeness (QED) is 0.797. The van der Waals surface area contributed by atoms with Gasteiger partial charge in [-0.1, -0.05) is 60.7 Å². The van der Waals surface area contributed by atoms with Crippen LogP contribution in [0.4, 0.5) is 0 Å². The molecule has 0 aliphatic carbocycles. The predicted molar refractivity (Wildman–Crippen MR) is 82.3 cm³/mol. The summed E-state index contributed by atoms with van der Waals surface area (Å²) in [5.74, 6) is -0.408. The van der Waals surface area contributed by atoms with E-state index in [2.05, 4.69) is 5.10 Å². The molecule has 1 amide bonds. The van der Waals surface area contributed by atoms with Gasteiger partial charge in [0.05, 0.1) is 11.9 Å². The predicted octanol–water partition coefficient (Wildman–Crippen LogP) is 2.70. The highest BCUT2D eigenvalue weighted by Crippen LogP contribution is 2.31. The Morgan fingerprint density at radius 2 is 1.52 bits per heavy atom. The van der Waals surface area contributed by atoms with Crippen molar-refractivity contribution in [2.24, 2.45) is 5.73 Å². The molecule has 0 unspecified atom stereocenters. The zero-order valence-corrected chi connectivity index (χ0v) is 11.4. The van der Waals surface area contributed by atoms with Gasteiger partial charge in [0.25, 0.3) is 0 Å². The van der Waals surface area contributed by atoms with Crippen LogP contribution in [0.25, 0.3) is 22.4 Å². The highest BCUT2D eigenvalue weighted by molar-refractivity contribution is 5.82. The standard InChI is InChI=1S/C17H15N3O/c18-16(21)12-20-17(14-9-5-2-6-10-14)15(11-19-20)13-7-3-1-4-8-13/h1-11H,12H2,(H2,18,21). The topological polar surface area (TPSA) is 60.9 Å². The molecule has 0 aliphatic heterocycles. The molecular weight excluding hydrogens is 262 g/mol. The van der Waals surface area contributed by atoms with Crippen LogP contribution in [0, 0.1) is 0 Å². The molecule has 0 saturated heterocycles.